The van der Waals surface area contributed by atoms with Gasteiger partial charge < -0.3 is 9.84 Å². The van der Waals surface area contributed by atoms with E-state index in [0.29, 0.717) is 21.3 Å². The number of benzene rings is 3. The maximum absolute atomic E-state index is 14.4. The Kier molecular flexibility index (Phi) is 5.93. The van der Waals surface area contributed by atoms with E-state index in [9.17, 15) is 19.1 Å². The van der Waals surface area contributed by atoms with E-state index in [2.05, 4.69) is 31.6 Å². The second kappa shape index (κ2) is 8.84. The van der Waals surface area contributed by atoms with Crippen molar-refractivity contribution < 1.29 is 23.8 Å². The van der Waals surface area contributed by atoms with Gasteiger partial charge in [-0.05, 0) is 42.0 Å². The van der Waals surface area contributed by atoms with Crippen molar-refractivity contribution in [2.24, 2.45) is 0 Å². The van der Waals surface area contributed by atoms with Gasteiger partial charge in [0, 0.05) is 34.1 Å². The van der Waals surface area contributed by atoms with Crippen LogP contribution in [0.2, 0.25) is 5.02 Å². The first-order valence-corrected chi connectivity index (χ1v) is 11.8. The molecule has 12 heteroatoms. The number of hydrogen-bond acceptors (Lipinski definition) is 6. The molecule has 3 aromatic carbocycles. The van der Waals surface area contributed by atoms with Gasteiger partial charge in [0.25, 0.3) is 5.91 Å². The number of halogens is 3. The fraction of sp³-hybridized carbons (Fsp3) is 0.167. The maximum Gasteiger partial charge on any atom is 0.259 e. The zero-order valence-corrected chi connectivity index (χ0v) is 21.3. The van der Waals surface area contributed by atoms with Crippen LogP contribution in [-0.2, 0) is 17.1 Å². The predicted molar refractivity (Wildman–Crippen MR) is 133 cm³/mol. The molecule has 0 saturated heterocycles. The minimum atomic E-state index is -2.16. The smallest absolute Gasteiger partial charge is 0.259 e. The number of carbonyl (C=O) groups excluding carboxylic acids is 2. The quantitative estimate of drug-likeness (QED) is 0.374. The Morgan fingerprint density at radius 3 is 2.61 bits per heavy atom. The van der Waals surface area contributed by atoms with Crippen molar-refractivity contribution in [3.05, 3.63) is 86.1 Å². The Bertz CT molecular complexity index is 1540. The number of aliphatic hydroxyl groups is 1. The van der Waals surface area contributed by atoms with E-state index in [1.807, 2.05) is 0 Å². The van der Waals surface area contributed by atoms with E-state index in [0.717, 1.165) is 17.0 Å². The molecule has 2 amide bonds. The number of methoxy groups -OCH3 is 1. The van der Waals surface area contributed by atoms with E-state index in [1.54, 1.807) is 30.3 Å². The Morgan fingerprint density at radius 1 is 1.22 bits per heavy atom. The molecule has 4 aromatic rings. The summed E-state index contributed by atoms with van der Waals surface area (Å²) in [6.45, 7) is 1.25. The highest BCUT2D eigenvalue weighted by Gasteiger charge is 2.53. The molecular formula is C24H18BrClFN5O4. The van der Waals surface area contributed by atoms with Gasteiger partial charge in [-0.3, -0.25) is 14.5 Å². The minimum absolute atomic E-state index is 0.0147. The highest BCUT2D eigenvalue weighted by molar-refractivity contribution is 9.10. The van der Waals surface area contributed by atoms with Gasteiger partial charge in [0.1, 0.15) is 22.6 Å². The van der Waals surface area contributed by atoms with E-state index >= 15 is 0 Å². The molecule has 5 rings (SSSR count). The molecule has 0 fully saturated rings. The molecule has 0 bridgehead atoms. The first-order chi connectivity index (χ1) is 17.1. The molecule has 1 unspecified atom stereocenters. The van der Waals surface area contributed by atoms with Gasteiger partial charge in [-0.1, -0.05) is 44.6 Å². The summed E-state index contributed by atoms with van der Waals surface area (Å²) in [4.78, 5) is 27.6. The van der Waals surface area contributed by atoms with Crippen molar-refractivity contribution in [2.75, 3.05) is 12.5 Å². The summed E-state index contributed by atoms with van der Waals surface area (Å²) in [6.07, 6.45) is 0. The van der Waals surface area contributed by atoms with Crippen molar-refractivity contribution in [3.8, 4) is 5.75 Å². The largest absolute Gasteiger partial charge is 0.497 e. The number of rotatable bonds is 5. The van der Waals surface area contributed by atoms with E-state index < -0.39 is 23.4 Å². The lowest BCUT2D eigenvalue weighted by molar-refractivity contribution is -0.115. The summed E-state index contributed by atoms with van der Waals surface area (Å²) in [6, 6.07) is 12.1. The highest BCUT2D eigenvalue weighted by atomic mass is 79.9. The Balaban J connectivity index is 1.76. The van der Waals surface area contributed by atoms with Gasteiger partial charge in [0.05, 0.1) is 12.7 Å². The maximum atomic E-state index is 14.4. The molecule has 1 atom stereocenters. The second-order valence-electron chi connectivity index (χ2n) is 8.17. The van der Waals surface area contributed by atoms with Crippen LogP contribution in [0.3, 0.4) is 0 Å². The van der Waals surface area contributed by atoms with Gasteiger partial charge >= 0.3 is 0 Å². The number of hydrogen-bond donors (Lipinski definition) is 2. The number of amides is 2. The molecule has 1 aromatic heterocycles. The van der Waals surface area contributed by atoms with Crippen LogP contribution in [0.4, 0.5) is 4.39 Å². The lowest BCUT2D eigenvalue weighted by atomic mass is 9.92. The summed E-state index contributed by atoms with van der Waals surface area (Å²) in [5, 5.41) is 20.8. The monoisotopic (exact) mass is 573 g/mol. The van der Waals surface area contributed by atoms with Crippen LogP contribution in [0.25, 0.3) is 11.0 Å². The van der Waals surface area contributed by atoms with E-state index in [4.69, 9.17) is 16.3 Å². The summed E-state index contributed by atoms with van der Waals surface area (Å²) >= 11 is 9.89. The zero-order valence-electron chi connectivity index (χ0n) is 18.9. The first-order valence-electron chi connectivity index (χ1n) is 10.6. The second-order valence-corrected chi connectivity index (χ2v) is 9.43. The average molecular weight is 575 g/mol. The Morgan fingerprint density at radius 2 is 1.94 bits per heavy atom. The van der Waals surface area contributed by atoms with Gasteiger partial charge in [0.15, 0.2) is 5.72 Å². The Labute approximate surface area is 217 Å². The van der Waals surface area contributed by atoms with Crippen LogP contribution in [0, 0.1) is 5.82 Å². The van der Waals surface area contributed by atoms with Crippen LogP contribution in [0.15, 0.2) is 53.0 Å². The topological polar surface area (TPSA) is 110 Å². The number of nitrogens with one attached hydrogen (secondary N) is 1. The highest BCUT2D eigenvalue weighted by Crippen LogP contribution is 2.50. The van der Waals surface area contributed by atoms with Gasteiger partial charge in [-0.25, -0.2) is 9.82 Å². The SMILES string of the molecule is COc1ccc(CN2C(=O)c3c(c(Br)cc4nn(NC(C)=O)nc34)C2(O)c2cc(F)ccc2Cl)cc1. The number of ether oxygens (including phenoxy) is 1. The summed E-state index contributed by atoms with van der Waals surface area (Å²) in [7, 11) is 1.54. The summed E-state index contributed by atoms with van der Waals surface area (Å²) in [5.74, 6) is -1.01. The van der Waals surface area contributed by atoms with Crippen LogP contribution >= 0.6 is 27.5 Å². The molecule has 184 valence electrons. The zero-order chi connectivity index (χ0) is 25.8. The molecule has 9 nitrogen and oxygen atoms in total. The third-order valence-corrected chi connectivity index (χ3v) is 6.84. The third-order valence-electron chi connectivity index (χ3n) is 5.89. The molecule has 0 radical (unpaired) electrons. The number of nitrogens with zero attached hydrogens (tertiary/aromatic N) is 4. The molecule has 0 spiro atoms. The number of aromatic nitrogens is 3. The third kappa shape index (κ3) is 3.80. The summed E-state index contributed by atoms with van der Waals surface area (Å²) < 4.78 is 19.9. The molecule has 36 heavy (non-hydrogen) atoms. The molecule has 2 heterocycles. The summed E-state index contributed by atoms with van der Waals surface area (Å²) in [5.41, 5.74) is 1.55. The molecule has 1 aliphatic heterocycles. The lowest BCUT2D eigenvalue weighted by Crippen LogP contribution is -2.44. The van der Waals surface area contributed by atoms with Gasteiger partial charge in [-0.2, -0.15) is 0 Å². The van der Waals surface area contributed by atoms with E-state index in [-0.39, 0.29) is 33.8 Å². The van der Waals surface area contributed by atoms with Crippen molar-refractivity contribution in [3.63, 3.8) is 0 Å². The van der Waals surface area contributed by atoms with Crippen molar-refractivity contribution >= 4 is 50.4 Å². The van der Waals surface area contributed by atoms with Crippen LogP contribution in [0.5, 0.6) is 5.75 Å². The van der Waals surface area contributed by atoms with Crippen LogP contribution in [0.1, 0.15) is 34.0 Å². The van der Waals surface area contributed by atoms with Gasteiger partial charge in [-0.15, -0.1) is 10.2 Å². The van der Waals surface area contributed by atoms with Crippen molar-refractivity contribution in [1.82, 2.24) is 20.0 Å². The first kappa shape index (κ1) is 24.2. The average Bonchev–Trinajstić information content (AvgIpc) is 3.32. The fourth-order valence-corrected chi connectivity index (χ4v) is 5.27. The van der Waals surface area contributed by atoms with Crippen LogP contribution in [-0.4, -0.2) is 44.0 Å². The van der Waals surface area contributed by atoms with Crippen LogP contribution < -0.4 is 10.2 Å². The van der Waals surface area contributed by atoms with Gasteiger partial charge in [0.2, 0.25) is 5.91 Å². The normalized spacial score (nSPS) is 16.9. The molecule has 0 aliphatic carbocycles. The lowest BCUT2D eigenvalue weighted by Gasteiger charge is -2.36. The molecule has 0 saturated carbocycles. The number of fused-ring (bicyclic) bond motifs is 3. The molecule has 1 aliphatic rings. The minimum Gasteiger partial charge on any atom is -0.497 e. The predicted octanol–water partition coefficient (Wildman–Crippen LogP) is 3.93. The number of carbonyl (C=O) groups is 2. The van der Waals surface area contributed by atoms with E-state index in [1.165, 1.54) is 25.0 Å². The standard InChI is InChI=1S/C24H18BrClFN5O4/c1-12(33)28-32-29-19-10-17(25)21-20(22(19)30-32)23(34)31(11-13-3-6-15(36-2)7-4-13)24(21,35)16-9-14(27)5-8-18(16)26/h3-10,35H,11H2,1-2H3,(H,28,33). The van der Waals surface area contributed by atoms with Crippen molar-refractivity contribution in [2.45, 2.75) is 19.2 Å². The van der Waals surface area contributed by atoms with Crippen molar-refractivity contribution in [1.29, 1.82) is 0 Å². The Hall–Kier alpha value is -3.54. The molecular weight excluding hydrogens is 557 g/mol. The molecule has 2 N–H and O–H groups in total. The fourth-order valence-electron chi connectivity index (χ4n) is 4.32.